The van der Waals surface area contributed by atoms with E-state index in [0.29, 0.717) is 47.1 Å². The van der Waals surface area contributed by atoms with Crippen LogP contribution >= 0.6 is 23.2 Å². The van der Waals surface area contributed by atoms with Crippen LogP contribution < -0.4 is 5.32 Å². The van der Waals surface area contributed by atoms with Crippen LogP contribution in [0.15, 0.2) is 60.9 Å². The van der Waals surface area contributed by atoms with Gasteiger partial charge >= 0.3 is 0 Å². The fourth-order valence-corrected chi connectivity index (χ4v) is 6.08. The molecule has 5 rings (SSSR count). The summed E-state index contributed by atoms with van der Waals surface area (Å²) in [6, 6.07) is 15.9. The van der Waals surface area contributed by atoms with Crippen molar-refractivity contribution in [3.63, 3.8) is 0 Å². The van der Waals surface area contributed by atoms with Gasteiger partial charge in [0.25, 0.3) is 0 Å². The number of aryl methyl sites for hydroxylation is 2. The Morgan fingerprint density at radius 1 is 1.19 bits per heavy atom. The van der Waals surface area contributed by atoms with E-state index < -0.39 is 5.82 Å². The third-order valence-electron chi connectivity index (χ3n) is 8.08. The molecule has 0 aliphatic heterocycles. The van der Waals surface area contributed by atoms with Crippen LogP contribution in [0.5, 0.6) is 0 Å². The lowest BCUT2D eigenvalue weighted by Gasteiger charge is -2.33. The van der Waals surface area contributed by atoms with Crippen molar-refractivity contribution in [3.05, 3.63) is 93.5 Å². The predicted octanol–water partition coefficient (Wildman–Crippen LogP) is 7.91. The van der Waals surface area contributed by atoms with E-state index in [0.717, 1.165) is 42.3 Å². The van der Waals surface area contributed by atoms with E-state index in [1.807, 2.05) is 32.0 Å². The molecule has 1 unspecified atom stereocenters. The zero-order valence-electron chi connectivity index (χ0n) is 23.8. The predicted molar refractivity (Wildman–Crippen MR) is 167 cm³/mol. The summed E-state index contributed by atoms with van der Waals surface area (Å²) in [5, 5.41) is 3.65. The number of carbonyl (C=O) groups is 2. The Hall–Kier alpha value is -3.26. The lowest BCUT2D eigenvalue weighted by Crippen LogP contribution is -2.43. The summed E-state index contributed by atoms with van der Waals surface area (Å²) in [5.74, 6) is -0.106. The number of aldehydes is 1. The molecule has 3 aromatic carbocycles. The number of hydrogen-bond donors (Lipinski definition) is 1. The van der Waals surface area contributed by atoms with Gasteiger partial charge < -0.3 is 9.88 Å². The molecule has 1 heterocycles. The summed E-state index contributed by atoms with van der Waals surface area (Å²) in [4.78, 5) is 31.7. The number of nitrogens with zero attached hydrogens (tertiary/aromatic N) is 3. The fourth-order valence-electron chi connectivity index (χ4n) is 5.71. The number of anilines is 1. The Labute approximate surface area is 255 Å². The van der Waals surface area contributed by atoms with Gasteiger partial charge in [-0.15, -0.1) is 0 Å². The van der Waals surface area contributed by atoms with Gasteiger partial charge in [-0.2, -0.15) is 0 Å². The minimum Gasteiger partial charge on any atom is -0.331 e. The molecule has 9 heteroatoms. The minimum absolute atomic E-state index is 0.0307. The summed E-state index contributed by atoms with van der Waals surface area (Å²) < 4.78 is 17.1. The van der Waals surface area contributed by atoms with Crippen LogP contribution in [-0.4, -0.2) is 45.8 Å². The molecule has 1 saturated carbocycles. The van der Waals surface area contributed by atoms with Crippen molar-refractivity contribution < 1.29 is 14.0 Å². The second kappa shape index (κ2) is 13.4. The number of carbonyl (C=O) groups excluding carboxylic acids is 2. The molecular formula is C33H35Cl2FN4O2. The summed E-state index contributed by atoms with van der Waals surface area (Å²) in [5.41, 5.74) is 4.54. The fraction of sp³-hybridized carbons (Fsp3) is 0.364. The standard InChI is InChI=1S/C33H35Cl2FN4O2/c1-21(28-7-4-8-29(35)32(28)36)14-27(11-12-39-20-37-33-22(2)13-24(19-41)15-30(33)39)40(17-23-9-10-23)18-31(42)38-26-6-3-5-25(34)16-26/h3-8,13,15-16,19-21,23,27H,9-12,14,17-18H2,1-2H3,(H,38,42)/t21?,27-/m0/s1. The van der Waals surface area contributed by atoms with Crippen molar-refractivity contribution in [2.75, 3.05) is 18.4 Å². The summed E-state index contributed by atoms with van der Waals surface area (Å²) >= 11 is 12.3. The molecular weight excluding hydrogens is 574 g/mol. The lowest BCUT2D eigenvalue weighted by atomic mass is 9.91. The van der Waals surface area contributed by atoms with E-state index in [9.17, 15) is 9.59 Å². The second-order valence-corrected chi connectivity index (χ2v) is 12.3. The van der Waals surface area contributed by atoms with E-state index in [1.165, 1.54) is 0 Å². The molecule has 1 aliphatic rings. The van der Waals surface area contributed by atoms with Crippen LogP contribution in [0.4, 0.5) is 10.1 Å². The van der Waals surface area contributed by atoms with E-state index in [2.05, 4.69) is 19.8 Å². The Morgan fingerprint density at radius 3 is 2.71 bits per heavy atom. The second-order valence-electron chi connectivity index (χ2n) is 11.4. The molecule has 0 bridgehead atoms. The molecule has 1 fully saturated rings. The quantitative estimate of drug-likeness (QED) is 0.157. The van der Waals surface area contributed by atoms with Crippen molar-refractivity contribution in [1.82, 2.24) is 14.5 Å². The first kappa shape index (κ1) is 30.2. The Kier molecular flexibility index (Phi) is 9.61. The maximum Gasteiger partial charge on any atom is 0.238 e. The van der Waals surface area contributed by atoms with Crippen LogP contribution in [-0.2, 0) is 11.3 Å². The first-order chi connectivity index (χ1) is 20.2. The van der Waals surface area contributed by atoms with Crippen molar-refractivity contribution in [2.24, 2.45) is 5.92 Å². The number of nitrogens with one attached hydrogen (secondary N) is 1. The van der Waals surface area contributed by atoms with Crippen molar-refractivity contribution in [3.8, 4) is 0 Å². The van der Waals surface area contributed by atoms with Crippen molar-refractivity contribution in [2.45, 2.75) is 58.0 Å². The first-order valence-corrected chi connectivity index (χ1v) is 15.1. The third kappa shape index (κ3) is 7.38. The molecule has 6 nitrogen and oxygen atoms in total. The monoisotopic (exact) mass is 608 g/mol. The largest absolute Gasteiger partial charge is 0.331 e. The molecule has 1 N–H and O–H groups in total. The Morgan fingerprint density at radius 2 is 1.98 bits per heavy atom. The lowest BCUT2D eigenvalue weighted by molar-refractivity contribution is -0.118. The number of rotatable bonds is 13. The number of imidazole rings is 1. The van der Waals surface area contributed by atoms with Gasteiger partial charge in [0, 0.05) is 35.4 Å². The molecule has 1 amide bonds. The average Bonchev–Trinajstić information content (AvgIpc) is 3.68. The normalized spacial score (nSPS) is 14.7. The summed E-state index contributed by atoms with van der Waals surface area (Å²) in [6.07, 6.45) is 6.28. The van der Waals surface area contributed by atoms with Crippen LogP contribution in [0, 0.1) is 18.7 Å². The van der Waals surface area contributed by atoms with E-state index >= 15 is 4.39 Å². The maximum absolute atomic E-state index is 15.0. The van der Waals surface area contributed by atoms with Crippen LogP contribution in [0.1, 0.15) is 60.0 Å². The van der Waals surface area contributed by atoms with Crippen LogP contribution in [0.2, 0.25) is 10.0 Å². The molecule has 2 atom stereocenters. The van der Waals surface area contributed by atoms with Crippen molar-refractivity contribution in [1.29, 1.82) is 0 Å². The molecule has 1 aliphatic carbocycles. The van der Waals surface area contributed by atoms with Crippen LogP contribution in [0.25, 0.3) is 11.0 Å². The molecule has 42 heavy (non-hydrogen) atoms. The zero-order valence-corrected chi connectivity index (χ0v) is 25.3. The maximum atomic E-state index is 15.0. The van der Waals surface area contributed by atoms with Gasteiger partial charge in [-0.3, -0.25) is 14.5 Å². The smallest absolute Gasteiger partial charge is 0.238 e. The minimum atomic E-state index is -0.393. The highest BCUT2D eigenvalue weighted by Crippen LogP contribution is 2.34. The van der Waals surface area contributed by atoms with Gasteiger partial charge in [0.2, 0.25) is 5.91 Å². The molecule has 4 aromatic rings. The number of aromatic nitrogens is 2. The Balaban J connectivity index is 1.41. The average molecular weight is 610 g/mol. The highest BCUT2D eigenvalue weighted by molar-refractivity contribution is 6.31. The molecule has 0 radical (unpaired) electrons. The van der Waals surface area contributed by atoms with Gasteiger partial charge in [0.15, 0.2) is 0 Å². The Bertz CT molecular complexity index is 1590. The van der Waals surface area contributed by atoms with E-state index in [-0.39, 0.29) is 29.4 Å². The van der Waals surface area contributed by atoms with Gasteiger partial charge in [0.05, 0.1) is 28.9 Å². The number of amides is 1. The summed E-state index contributed by atoms with van der Waals surface area (Å²) in [7, 11) is 0. The van der Waals surface area contributed by atoms with E-state index in [1.54, 1.807) is 42.7 Å². The van der Waals surface area contributed by atoms with E-state index in [4.69, 9.17) is 23.2 Å². The topological polar surface area (TPSA) is 67.2 Å². The number of fused-ring (bicyclic) bond motifs is 1. The molecule has 0 saturated heterocycles. The zero-order chi connectivity index (χ0) is 29.8. The van der Waals surface area contributed by atoms with Gasteiger partial charge in [0.1, 0.15) is 12.1 Å². The third-order valence-corrected chi connectivity index (χ3v) is 8.60. The number of benzene rings is 3. The molecule has 220 valence electrons. The molecule has 1 aromatic heterocycles. The molecule has 0 spiro atoms. The highest BCUT2D eigenvalue weighted by Gasteiger charge is 2.31. The number of hydrogen-bond acceptors (Lipinski definition) is 4. The SMILES string of the molecule is Cc1cc(C=O)cc2c1ncn2CC[C@@H](CC(C)c1cccc(Cl)c1F)N(CC(=O)Nc1cccc(Cl)c1)CC1CC1. The number of halogens is 3. The van der Waals surface area contributed by atoms with Gasteiger partial charge in [-0.05, 0) is 92.0 Å². The highest BCUT2D eigenvalue weighted by atomic mass is 35.5. The van der Waals surface area contributed by atoms with Gasteiger partial charge in [-0.1, -0.05) is 48.3 Å². The van der Waals surface area contributed by atoms with Crippen molar-refractivity contribution >= 4 is 52.1 Å². The summed E-state index contributed by atoms with van der Waals surface area (Å²) in [6.45, 7) is 5.59. The van der Waals surface area contributed by atoms with Gasteiger partial charge in [-0.25, -0.2) is 9.37 Å². The van der Waals surface area contributed by atoms with Crippen LogP contribution in [0.3, 0.4) is 0 Å². The first-order valence-electron chi connectivity index (χ1n) is 14.4.